The molecule has 0 spiro atoms. The van der Waals surface area contributed by atoms with E-state index in [4.69, 9.17) is 5.11 Å². The van der Waals surface area contributed by atoms with E-state index in [-0.39, 0.29) is 12.2 Å². The summed E-state index contributed by atoms with van der Waals surface area (Å²) in [5.41, 5.74) is 0.620. The van der Waals surface area contributed by atoms with E-state index < -0.39 is 6.10 Å². The normalized spacial score (nSPS) is 27.0. The van der Waals surface area contributed by atoms with E-state index in [1.165, 1.54) is 6.08 Å². The van der Waals surface area contributed by atoms with Crippen LogP contribution in [0.15, 0.2) is 24.3 Å². The van der Waals surface area contributed by atoms with Gasteiger partial charge < -0.3 is 5.11 Å². The summed E-state index contributed by atoms with van der Waals surface area (Å²) in [5.74, 6) is -0.0325. The Hall–Kier alpha value is -0.890. The molecular formula is C7H8O2. The Morgan fingerprint density at radius 1 is 1.67 bits per heavy atom. The zero-order valence-electron chi connectivity index (χ0n) is 5.00. The second-order valence-corrected chi connectivity index (χ2v) is 2.09. The maximum Gasteiger partial charge on any atom is 0.158 e. The predicted molar refractivity (Wildman–Crippen MR) is 33.9 cm³/mol. The van der Waals surface area contributed by atoms with Crippen molar-refractivity contribution in [2.24, 2.45) is 0 Å². The minimum atomic E-state index is -0.650. The first-order chi connectivity index (χ1) is 4.20. The molecule has 9 heavy (non-hydrogen) atoms. The summed E-state index contributed by atoms with van der Waals surface area (Å²) in [6.45, 7) is 3.54. The molecule has 0 aromatic rings. The predicted octanol–water partition coefficient (Wildman–Crippen LogP) is 0.432. The van der Waals surface area contributed by atoms with Crippen LogP contribution in [0, 0.1) is 0 Å². The van der Waals surface area contributed by atoms with E-state index >= 15 is 0 Å². The Balaban J connectivity index is 2.76. The maximum absolute atomic E-state index is 10.5. The number of aliphatic hydroxyl groups excluding tert-OH is 1. The Morgan fingerprint density at radius 2 is 2.33 bits per heavy atom. The van der Waals surface area contributed by atoms with Crippen molar-refractivity contribution in [2.45, 2.75) is 12.5 Å². The molecule has 1 N–H and O–H groups in total. The van der Waals surface area contributed by atoms with Crippen LogP contribution in [-0.4, -0.2) is 17.0 Å². The summed E-state index contributed by atoms with van der Waals surface area (Å²) >= 11 is 0. The van der Waals surface area contributed by atoms with Crippen molar-refractivity contribution in [1.82, 2.24) is 0 Å². The lowest BCUT2D eigenvalue weighted by Gasteiger charge is -2.11. The molecule has 0 aliphatic heterocycles. The number of ketones is 1. The molecule has 1 atom stereocenters. The Labute approximate surface area is 53.5 Å². The van der Waals surface area contributed by atoms with E-state index in [2.05, 4.69) is 6.58 Å². The van der Waals surface area contributed by atoms with Gasteiger partial charge in [-0.3, -0.25) is 4.79 Å². The highest BCUT2D eigenvalue weighted by atomic mass is 16.3. The third-order valence-electron chi connectivity index (χ3n) is 1.31. The summed E-state index contributed by atoms with van der Waals surface area (Å²) in [6.07, 6.45) is 2.53. The molecule has 0 heterocycles. The second-order valence-electron chi connectivity index (χ2n) is 2.09. The summed E-state index contributed by atoms with van der Waals surface area (Å²) < 4.78 is 0. The van der Waals surface area contributed by atoms with Gasteiger partial charge in [0.05, 0.1) is 6.10 Å². The van der Waals surface area contributed by atoms with Crippen LogP contribution >= 0.6 is 0 Å². The average molecular weight is 124 g/mol. The smallest absolute Gasteiger partial charge is 0.158 e. The molecule has 1 aliphatic rings. The van der Waals surface area contributed by atoms with Gasteiger partial charge in [-0.15, -0.1) is 0 Å². The number of allylic oxidation sites excluding steroid dienone is 1. The van der Waals surface area contributed by atoms with Gasteiger partial charge in [-0.05, 0) is 11.6 Å². The number of hydrogen-bond acceptors (Lipinski definition) is 2. The summed E-state index contributed by atoms with van der Waals surface area (Å²) in [6, 6.07) is 0. The van der Waals surface area contributed by atoms with Gasteiger partial charge in [0, 0.05) is 6.42 Å². The molecule has 2 heteroatoms. The van der Waals surface area contributed by atoms with Crippen LogP contribution in [0.3, 0.4) is 0 Å². The maximum atomic E-state index is 10.5. The van der Waals surface area contributed by atoms with Gasteiger partial charge in [-0.25, -0.2) is 0 Å². The lowest BCUT2D eigenvalue weighted by Crippen LogP contribution is -2.16. The Morgan fingerprint density at radius 3 is 2.78 bits per heavy atom. The SMILES string of the molecule is C=C1C=CC(=O)CC1O. The Bertz CT molecular complexity index is 179. The van der Waals surface area contributed by atoms with Crippen LogP contribution in [0.1, 0.15) is 6.42 Å². The minimum Gasteiger partial charge on any atom is -0.388 e. The molecule has 0 fully saturated rings. The highest BCUT2D eigenvalue weighted by Crippen LogP contribution is 2.11. The minimum absolute atomic E-state index is 0.0325. The van der Waals surface area contributed by atoms with Gasteiger partial charge in [0.2, 0.25) is 0 Å². The van der Waals surface area contributed by atoms with Gasteiger partial charge >= 0.3 is 0 Å². The largest absolute Gasteiger partial charge is 0.388 e. The summed E-state index contributed by atoms with van der Waals surface area (Å²) in [7, 11) is 0. The topological polar surface area (TPSA) is 37.3 Å². The van der Waals surface area contributed by atoms with Crippen molar-refractivity contribution >= 4 is 5.78 Å². The number of hydrogen-bond donors (Lipinski definition) is 1. The zero-order chi connectivity index (χ0) is 6.85. The monoisotopic (exact) mass is 124 g/mol. The second kappa shape index (κ2) is 2.15. The van der Waals surface area contributed by atoms with Gasteiger partial charge in [-0.2, -0.15) is 0 Å². The van der Waals surface area contributed by atoms with Gasteiger partial charge in [0.1, 0.15) is 0 Å². The van der Waals surface area contributed by atoms with Crippen LogP contribution in [0.2, 0.25) is 0 Å². The lowest BCUT2D eigenvalue weighted by molar-refractivity contribution is -0.116. The molecule has 0 aromatic carbocycles. The third kappa shape index (κ3) is 1.27. The van der Waals surface area contributed by atoms with Crippen molar-refractivity contribution in [3.63, 3.8) is 0 Å². The molecule has 0 bridgehead atoms. The van der Waals surface area contributed by atoms with Gasteiger partial charge in [0.25, 0.3) is 0 Å². The third-order valence-corrected chi connectivity index (χ3v) is 1.31. The van der Waals surface area contributed by atoms with E-state index in [1.54, 1.807) is 6.08 Å². The van der Waals surface area contributed by atoms with Gasteiger partial charge in [-0.1, -0.05) is 12.7 Å². The van der Waals surface area contributed by atoms with Crippen molar-refractivity contribution in [3.8, 4) is 0 Å². The van der Waals surface area contributed by atoms with Crippen LogP contribution in [-0.2, 0) is 4.79 Å². The average Bonchev–Trinajstić information content (AvgIpc) is 1.80. The fourth-order valence-electron chi connectivity index (χ4n) is 0.701. The number of carbonyl (C=O) groups excluding carboxylic acids is 1. The van der Waals surface area contributed by atoms with E-state index in [1.807, 2.05) is 0 Å². The van der Waals surface area contributed by atoms with Crippen molar-refractivity contribution in [1.29, 1.82) is 0 Å². The van der Waals surface area contributed by atoms with Crippen LogP contribution < -0.4 is 0 Å². The summed E-state index contributed by atoms with van der Waals surface area (Å²) in [5, 5.41) is 8.98. The fourth-order valence-corrected chi connectivity index (χ4v) is 0.701. The highest BCUT2D eigenvalue weighted by molar-refractivity contribution is 5.92. The standard InChI is InChI=1S/C7H8O2/c1-5-2-3-6(8)4-7(5)9/h2-3,7,9H,1,4H2. The molecule has 1 unspecified atom stereocenters. The van der Waals surface area contributed by atoms with Crippen molar-refractivity contribution < 1.29 is 9.90 Å². The molecule has 0 amide bonds. The molecule has 2 nitrogen and oxygen atoms in total. The molecule has 1 rings (SSSR count). The first-order valence-corrected chi connectivity index (χ1v) is 2.78. The van der Waals surface area contributed by atoms with Crippen LogP contribution in [0.4, 0.5) is 0 Å². The quantitative estimate of drug-likeness (QED) is 0.508. The first kappa shape index (κ1) is 6.23. The van der Waals surface area contributed by atoms with Gasteiger partial charge in [0.15, 0.2) is 5.78 Å². The number of aliphatic hydroxyl groups is 1. The Kier molecular flexibility index (Phi) is 1.49. The van der Waals surface area contributed by atoms with Crippen LogP contribution in [0.5, 0.6) is 0 Å². The molecular weight excluding hydrogens is 116 g/mol. The van der Waals surface area contributed by atoms with E-state index in [0.717, 1.165) is 0 Å². The molecule has 0 aromatic heterocycles. The number of rotatable bonds is 0. The zero-order valence-corrected chi connectivity index (χ0v) is 5.00. The lowest BCUT2D eigenvalue weighted by atomic mass is 10.00. The molecule has 0 radical (unpaired) electrons. The summed E-state index contributed by atoms with van der Waals surface area (Å²) in [4.78, 5) is 10.5. The molecule has 0 saturated heterocycles. The molecule has 48 valence electrons. The highest BCUT2D eigenvalue weighted by Gasteiger charge is 2.14. The number of carbonyl (C=O) groups is 1. The fraction of sp³-hybridized carbons (Fsp3) is 0.286. The van der Waals surface area contributed by atoms with E-state index in [9.17, 15) is 4.79 Å². The first-order valence-electron chi connectivity index (χ1n) is 2.78. The molecule has 1 aliphatic carbocycles. The van der Waals surface area contributed by atoms with Crippen LogP contribution in [0.25, 0.3) is 0 Å². The van der Waals surface area contributed by atoms with Crippen molar-refractivity contribution in [3.05, 3.63) is 24.3 Å². The molecule has 0 saturated carbocycles. The van der Waals surface area contributed by atoms with Crippen molar-refractivity contribution in [2.75, 3.05) is 0 Å². The van der Waals surface area contributed by atoms with E-state index in [0.29, 0.717) is 5.57 Å².